The second-order valence-corrected chi connectivity index (χ2v) is 6.75. The lowest BCUT2D eigenvalue weighted by Gasteiger charge is -2.06. The van der Waals surface area contributed by atoms with Gasteiger partial charge in [0, 0.05) is 15.6 Å². The highest BCUT2D eigenvalue weighted by Crippen LogP contribution is 2.29. The van der Waals surface area contributed by atoms with Crippen molar-refractivity contribution in [1.29, 1.82) is 0 Å². The highest BCUT2D eigenvalue weighted by Gasteiger charge is 2.20. The molecule has 0 amide bonds. The van der Waals surface area contributed by atoms with Gasteiger partial charge in [-0.15, -0.1) is 0 Å². The van der Waals surface area contributed by atoms with E-state index in [1.54, 1.807) is 7.11 Å². The van der Waals surface area contributed by atoms with Gasteiger partial charge in [-0.2, -0.15) is 5.10 Å². The second-order valence-electron chi connectivity index (χ2n) is 5.83. The van der Waals surface area contributed by atoms with Crippen LogP contribution in [0.5, 0.6) is 5.75 Å². The molecule has 4 rings (SSSR count). The Morgan fingerprint density at radius 2 is 1.85 bits per heavy atom. The van der Waals surface area contributed by atoms with Crippen LogP contribution in [0.4, 0.5) is 5.69 Å². The summed E-state index contributed by atoms with van der Waals surface area (Å²) in [5.41, 5.74) is 6.42. The number of halogens is 1. The largest absolute Gasteiger partial charge is 0.497 e. The molecule has 6 heteroatoms. The molecule has 0 fully saturated rings. The predicted molar refractivity (Wildman–Crippen MR) is 106 cm³/mol. The molecule has 0 atom stereocenters. The van der Waals surface area contributed by atoms with E-state index < -0.39 is 0 Å². The normalized spacial score (nSPS) is 13.2. The molecule has 5 nitrogen and oxygen atoms in total. The van der Waals surface area contributed by atoms with E-state index in [-0.39, 0.29) is 0 Å². The molecule has 130 valence electrons. The molecule has 0 unspecified atom stereocenters. The van der Waals surface area contributed by atoms with Crippen LogP contribution < -0.4 is 10.2 Å². The minimum atomic E-state index is 0.662. The first kappa shape index (κ1) is 16.6. The van der Waals surface area contributed by atoms with Gasteiger partial charge in [0.1, 0.15) is 17.2 Å². The van der Waals surface area contributed by atoms with Crippen LogP contribution in [0.25, 0.3) is 0 Å². The summed E-state index contributed by atoms with van der Waals surface area (Å²) in [6, 6.07) is 17.4. The van der Waals surface area contributed by atoms with Gasteiger partial charge in [-0.05, 0) is 61.5 Å². The molecule has 3 aromatic rings. The van der Waals surface area contributed by atoms with Crippen LogP contribution in [-0.4, -0.2) is 18.7 Å². The summed E-state index contributed by atoms with van der Waals surface area (Å²) in [7, 11) is 1.65. The van der Waals surface area contributed by atoms with Crippen molar-refractivity contribution in [1.82, 2.24) is 5.43 Å². The summed E-state index contributed by atoms with van der Waals surface area (Å²) in [4.78, 5) is 4.78. The maximum atomic E-state index is 5.79. The molecule has 0 radical (unpaired) electrons. The Bertz CT molecular complexity index is 1020. The molecule has 1 aliphatic rings. The summed E-state index contributed by atoms with van der Waals surface area (Å²) in [5, 5.41) is 4.58. The number of aryl methyl sites for hydroxylation is 1. The van der Waals surface area contributed by atoms with Crippen LogP contribution in [0.2, 0.25) is 0 Å². The third kappa shape index (κ3) is 3.15. The molecule has 1 aromatic heterocycles. The van der Waals surface area contributed by atoms with E-state index in [1.165, 1.54) is 0 Å². The molecule has 0 saturated heterocycles. The second kappa shape index (κ2) is 6.80. The topological polar surface area (TPSA) is 59.1 Å². The van der Waals surface area contributed by atoms with Gasteiger partial charge in [0.2, 0.25) is 0 Å². The molecular formula is C20H16BrN3O2. The Balaban J connectivity index is 1.83. The van der Waals surface area contributed by atoms with Crippen molar-refractivity contribution in [3.8, 4) is 5.75 Å². The van der Waals surface area contributed by atoms with Crippen molar-refractivity contribution >= 4 is 33.2 Å². The van der Waals surface area contributed by atoms with Crippen LogP contribution in [0.3, 0.4) is 0 Å². The molecule has 0 bridgehead atoms. The number of furan rings is 1. The van der Waals surface area contributed by atoms with Crippen molar-refractivity contribution < 1.29 is 9.15 Å². The van der Waals surface area contributed by atoms with Gasteiger partial charge in [0.25, 0.3) is 0 Å². The quantitative estimate of drug-likeness (QED) is 0.675. The van der Waals surface area contributed by atoms with Gasteiger partial charge in [0.05, 0.1) is 12.8 Å². The van der Waals surface area contributed by atoms with E-state index in [0.29, 0.717) is 17.3 Å². The first-order valence-corrected chi connectivity index (χ1v) is 8.87. The maximum absolute atomic E-state index is 5.79. The van der Waals surface area contributed by atoms with Crippen LogP contribution in [-0.2, 0) is 0 Å². The first-order chi connectivity index (χ1) is 12.6. The van der Waals surface area contributed by atoms with Gasteiger partial charge in [-0.3, -0.25) is 5.43 Å². The summed E-state index contributed by atoms with van der Waals surface area (Å²) in [5.74, 6) is 2.98. The van der Waals surface area contributed by atoms with Gasteiger partial charge >= 0.3 is 0 Å². The number of aliphatic imine (C=N–C) groups is 1. The zero-order chi connectivity index (χ0) is 18.1. The Labute approximate surface area is 159 Å². The van der Waals surface area contributed by atoms with Crippen molar-refractivity contribution in [3.05, 3.63) is 81.7 Å². The van der Waals surface area contributed by atoms with Gasteiger partial charge in [-0.25, -0.2) is 4.99 Å². The molecule has 2 aromatic carbocycles. The number of hydrogen-bond acceptors (Lipinski definition) is 5. The molecule has 1 N–H and O–H groups in total. The van der Waals surface area contributed by atoms with Crippen molar-refractivity contribution in [2.24, 2.45) is 10.1 Å². The third-order valence-corrected chi connectivity index (χ3v) is 4.55. The summed E-state index contributed by atoms with van der Waals surface area (Å²) in [6.45, 7) is 1.91. The van der Waals surface area contributed by atoms with E-state index in [9.17, 15) is 0 Å². The Kier molecular flexibility index (Phi) is 4.34. The average molecular weight is 410 g/mol. The Hall–Kier alpha value is -2.86. The molecule has 26 heavy (non-hydrogen) atoms. The lowest BCUT2D eigenvalue weighted by Crippen LogP contribution is -2.19. The number of hydrazone groups is 1. The van der Waals surface area contributed by atoms with Crippen molar-refractivity contribution in [2.75, 3.05) is 7.11 Å². The smallest absolute Gasteiger partial charge is 0.155 e. The number of methoxy groups -OCH3 is 1. The molecule has 0 spiro atoms. The number of ether oxygens (including phenoxy) is 1. The molecule has 0 aliphatic carbocycles. The first-order valence-electron chi connectivity index (χ1n) is 8.07. The van der Waals surface area contributed by atoms with Crippen molar-refractivity contribution in [2.45, 2.75) is 6.92 Å². The Morgan fingerprint density at radius 3 is 2.54 bits per heavy atom. The van der Waals surface area contributed by atoms with Crippen molar-refractivity contribution in [3.63, 3.8) is 0 Å². The van der Waals surface area contributed by atoms with Gasteiger partial charge in [-0.1, -0.05) is 15.9 Å². The number of rotatable bonds is 3. The van der Waals surface area contributed by atoms with E-state index in [0.717, 1.165) is 32.8 Å². The monoisotopic (exact) mass is 409 g/mol. The number of amidine groups is 1. The summed E-state index contributed by atoms with van der Waals surface area (Å²) in [6.07, 6.45) is 0. The van der Waals surface area contributed by atoms with Gasteiger partial charge < -0.3 is 9.15 Å². The highest BCUT2D eigenvalue weighted by molar-refractivity contribution is 9.10. The maximum Gasteiger partial charge on any atom is 0.155 e. The van der Waals surface area contributed by atoms with Crippen LogP contribution in [0.15, 0.2) is 73.6 Å². The van der Waals surface area contributed by atoms with Crippen LogP contribution >= 0.6 is 15.9 Å². The predicted octanol–water partition coefficient (Wildman–Crippen LogP) is 4.79. The van der Waals surface area contributed by atoms with E-state index in [1.807, 2.05) is 61.5 Å². The van der Waals surface area contributed by atoms with E-state index >= 15 is 0 Å². The summed E-state index contributed by atoms with van der Waals surface area (Å²) < 4.78 is 12.0. The van der Waals surface area contributed by atoms with E-state index in [2.05, 4.69) is 26.5 Å². The summed E-state index contributed by atoms with van der Waals surface area (Å²) >= 11 is 3.53. The number of nitrogens with zero attached hydrogens (tertiary/aromatic N) is 2. The Morgan fingerprint density at radius 1 is 1.04 bits per heavy atom. The molecule has 1 aliphatic heterocycles. The average Bonchev–Trinajstić information content (AvgIpc) is 2.99. The third-order valence-electron chi connectivity index (χ3n) is 4.06. The fourth-order valence-corrected chi connectivity index (χ4v) is 3.10. The highest BCUT2D eigenvalue weighted by atomic mass is 79.9. The van der Waals surface area contributed by atoms with Crippen LogP contribution in [0, 0.1) is 6.92 Å². The number of nitrogens with one attached hydrogen (secondary N) is 1. The number of benzene rings is 2. The SMILES string of the molecule is COc1ccc(C2=Nc3ccc(Br)cc3C(c3ccc(C)o3)=NN2)cc1. The molecule has 2 heterocycles. The minimum Gasteiger partial charge on any atom is -0.497 e. The van der Waals surface area contributed by atoms with E-state index in [4.69, 9.17) is 14.1 Å². The fraction of sp³-hybridized carbons (Fsp3) is 0.100. The molecular weight excluding hydrogens is 394 g/mol. The minimum absolute atomic E-state index is 0.662. The van der Waals surface area contributed by atoms with Crippen LogP contribution in [0.1, 0.15) is 22.6 Å². The molecule has 0 saturated carbocycles. The number of hydrogen-bond donors (Lipinski definition) is 1. The zero-order valence-corrected chi connectivity index (χ0v) is 15.9. The number of fused-ring (bicyclic) bond motifs is 1. The fourth-order valence-electron chi connectivity index (χ4n) is 2.74. The lowest BCUT2D eigenvalue weighted by atomic mass is 10.1. The standard InChI is InChI=1S/C20H16BrN3O2/c1-12-3-10-18(26-12)19-16-11-14(21)6-9-17(16)22-20(24-23-19)13-4-7-15(25-2)8-5-13/h3-11H,1-2H3,(H,22,24). The zero-order valence-electron chi connectivity index (χ0n) is 14.3. The lowest BCUT2D eigenvalue weighted by molar-refractivity contribution is 0.415. The van der Waals surface area contributed by atoms with Gasteiger partial charge in [0.15, 0.2) is 11.6 Å².